The van der Waals surface area contributed by atoms with E-state index in [0.717, 1.165) is 54.9 Å². The fourth-order valence-electron chi connectivity index (χ4n) is 3.59. The SMILES string of the molecule is CN(CCCCCc1cc(-c2ccccc2)n[nH]1)C(=O)c1cccc(OCc2cscn2)c1. The lowest BCUT2D eigenvalue weighted by Crippen LogP contribution is -2.27. The molecule has 4 aromatic rings. The van der Waals surface area contributed by atoms with Gasteiger partial charge >= 0.3 is 0 Å². The maximum atomic E-state index is 12.8. The summed E-state index contributed by atoms with van der Waals surface area (Å²) in [6.07, 6.45) is 4.02. The highest BCUT2D eigenvalue weighted by molar-refractivity contribution is 7.07. The number of rotatable bonds is 11. The Hall–Kier alpha value is -3.45. The Labute approximate surface area is 198 Å². The van der Waals surface area contributed by atoms with Crippen molar-refractivity contribution in [3.05, 3.63) is 88.5 Å². The number of hydrogen-bond donors (Lipinski definition) is 1. The van der Waals surface area contributed by atoms with E-state index in [1.54, 1.807) is 16.5 Å². The van der Waals surface area contributed by atoms with Gasteiger partial charge in [0.2, 0.25) is 0 Å². The number of aromatic amines is 1. The van der Waals surface area contributed by atoms with Crippen LogP contribution in [-0.2, 0) is 13.0 Å². The number of carbonyl (C=O) groups is 1. The van der Waals surface area contributed by atoms with Crippen LogP contribution in [0.3, 0.4) is 0 Å². The summed E-state index contributed by atoms with van der Waals surface area (Å²) in [5.41, 5.74) is 6.56. The molecule has 0 aliphatic heterocycles. The van der Waals surface area contributed by atoms with Gasteiger partial charge in [0.1, 0.15) is 12.4 Å². The van der Waals surface area contributed by atoms with Crippen molar-refractivity contribution in [3.63, 3.8) is 0 Å². The monoisotopic (exact) mass is 460 g/mol. The minimum atomic E-state index is 0.00943. The average molecular weight is 461 g/mol. The number of unbranched alkanes of at least 4 members (excludes halogenated alkanes) is 2. The van der Waals surface area contributed by atoms with E-state index in [-0.39, 0.29) is 5.91 Å². The van der Waals surface area contributed by atoms with Gasteiger partial charge in [-0.25, -0.2) is 4.98 Å². The molecule has 7 heteroatoms. The number of aromatic nitrogens is 3. The van der Waals surface area contributed by atoms with Gasteiger partial charge < -0.3 is 9.64 Å². The number of nitrogens with zero attached hydrogens (tertiary/aromatic N) is 3. The molecule has 1 amide bonds. The van der Waals surface area contributed by atoms with Crippen LogP contribution in [0.25, 0.3) is 11.3 Å². The van der Waals surface area contributed by atoms with Crippen LogP contribution < -0.4 is 4.74 Å². The summed E-state index contributed by atoms with van der Waals surface area (Å²) in [6, 6.07) is 19.6. The number of carbonyl (C=O) groups excluding carboxylic acids is 1. The van der Waals surface area contributed by atoms with E-state index in [0.29, 0.717) is 17.9 Å². The number of amides is 1. The standard InChI is InChI=1S/C26H28N4O2S/c1-30(26(31)21-11-8-13-24(15-21)32-17-23-18-33-19-27-23)14-7-3-6-12-22-16-25(29-28-22)20-9-4-2-5-10-20/h2,4-5,8-11,13,15-16,18-19H,3,6-7,12,14,17H2,1H3,(H,28,29). The molecule has 0 atom stereocenters. The zero-order valence-corrected chi connectivity index (χ0v) is 19.6. The van der Waals surface area contributed by atoms with Crippen LogP contribution in [-0.4, -0.2) is 39.6 Å². The first-order valence-electron chi connectivity index (χ1n) is 11.1. The van der Waals surface area contributed by atoms with Crippen LogP contribution in [0.15, 0.2) is 71.6 Å². The van der Waals surface area contributed by atoms with E-state index in [2.05, 4.69) is 33.4 Å². The molecule has 170 valence electrons. The van der Waals surface area contributed by atoms with Crippen molar-refractivity contribution in [2.45, 2.75) is 32.3 Å². The Kier molecular flexibility index (Phi) is 7.87. The second-order valence-electron chi connectivity index (χ2n) is 7.98. The highest BCUT2D eigenvalue weighted by Crippen LogP contribution is 2.19. The predicted octanol–water partition coefficient (Wildman–Crippen LogP) is 5.60. The van der Waals surface area contributed by atoms with Gasteiger partial charge in [0.05, 0.1) is 16.9 Å². The number of thiazole rings is 1. The van der Waals surface area contributed by atoms with Gasteiger partial charge in [-0.2, -0.15) is 5.10 Å². The van der Waals surface area contributed by atoms with E-state index < -0.39 is 0 Å². The summed E-state index contributed by atoms with van der Waals surface area (Å²) in [4.78, 5) is 18.8. The molecule has 0 aliphatic carbocycles. The van der Waals surface area contributed by atoms with Gasteiger partial charge in [0.25, 0.3) is 5.91 Å². The lowest BCUT2D eigenvalue weighted by Gasteiger charge is -2.17. The normalized spacial score (nSPS) is 10.8. The third kappa shape index (κ3) is 6.52. The third-order valence-corrected chi connectivity index (χ3v) is 6.07. The quantitative estimate of drug-likeness (QED) is 0.296. The van der Waals surface area contributed by atoms with Gasteiger partial charge in [-0.3, -0.25) is 9.89 Å². The summed E-state index contributed by atoms with van der Waals surface area (Å²) >= 11 is 1.54. The molecule has 33 heavy (non-hydrogen) atoms. The first kappa shape index (κ1) is 22.7. The summed E-state index contributed by atoms with van der Waals surface area (Å²) < 4.78 is 5.77. The van der Waals surface area contributed by atoms with E-state index >= 15 is 0 Å². The zero-order chi connectivity index (χ0) is 22.9. The van der Waals surface area contributed by atoms with Gasteiger partial charge in [0, 0.05) is 35.8 Å². The number of ether oxygens (including phenoxy) is 1. The van der Waals surface area contributed by atoms with E-state index in [1.165, 1.54) is 11.3 Å². The van der Waals surface area contributed by atoms with Crippen molar-refractivity contribution < 1.29 is 9.53 Å². The molecule has 2 heterocycles. The molecule has 0 saturated heterocycles. The molecule has 2 aromatic carbocycles. The highest BCUT2D eigenvalue weighted by atomic mass is 32.1. The Morgan fingerprint density at radius 2 is 1.94 bits per heavy atom. The maximum Gasteiger partial charge on any atom is 0.253 e. The van der Waals surface area contributed by atoms with E-state index in [1.807, 2.05) is 48.8 Å². The summed E-state index contributed by atoms with van der Waals surface area (Å²) in [5, 5.41) is 9.51. The first-order valence-corrected chi connectivity index (χ1v) is 12.1. The van der Waals surface area contributed by atoms with E-state index in [9.17, 15) is 4.79 Å². The molecule has 4 rings (SSSR count). The van der Waals surface area contributed by atoms with Crippen molar-refractivity contribution in [2.24, 2.45) is 0 Å². The number of H-pyrrole nitrogens is 1. The van der Waals surface area contributed by atoms with Gasteiger partial charge in [-0.1, -0.05) is 42.8 Å². The average Bonchev–Trinajstić information content (AvgIpc) is 3.55. The Balaban J connectivity index is 1.18. The molecule has 0 aliphatic rings. The number of benzene rings is 2. The van der Waals surface area contributed by atoms with Crippen molar-refractivity contribution in [1.82, 2.24) is 20.1 Å². The molecule has 1 N–H and O–H groups in total. The van der Waals surface area contributed by atoms with E-state index in [4.69, 9.17) is 4.74 Å². The Morgan fingerprint density at radius 3 is 2.76 bits per heavy atom. The largest absolute Gasteiger partial charge is 0.487 e. The summed E-state index contributed by atoms with van der Waals surface area (Å²) in [6.45, 7) is 1.13. The van der Waals surface area contributed by atoms with Gasteiger partial charge in [-0.05, 0) is 43.5 Å². The minimum absolute atomic E-state index is 0.00943. The summed E-state index contributed by atoms with van der Waals surface area (Å²) in [5.74, 6) is 0.687. The van der Waals surface area contributed by atoms with Crippen LogP contribution in [0.1, 0.15) is 41.0 Å². The summed E-state index contributed by atoms with van der Waals surface area (Å²) in [7, 11) is 1.85. The van der Waals surface area contributed by atoms with Crippen LogP contribution in [0.2, 0.25) is 0 Å². The number of hydrogen-bond acceptors (Lipinski definition) is 5. The lowest BCUT2D eigenvalue weighted by molar-refractivity contribution is 0.0792. The second kappa shape index (κ2) is 11.4. The molecular formula is C26H28N4O2S. The third-order valence-electron chi connectivity index (χ3n) is 5.44. The van der Waals surface area contributed by atoms with Crippen LogP contribution in [0, 0.1) is 0 Å². The molecule has 0 bridgehead atoms. The smallest absolute Gasteiger partial charge is 0.253 e. The van der Waals surface area contributed by atoms with Crippen molar-refractivity contribution in [1.29, 1.82) is 0 Å². The first-order chi connectivity index (χ1) is 16.2. The van der Waals surface area contributed by atoms with Crippen molar-refractivity contribution in [3.8, 4) is 17.0 Å². The molecule has 0 spiro atoms. The maximum absolute atomic E-state index is 12.8. The number of aryl methyl sites for hydroxylation is 1. The Morgan fingerprint density at radius 1 is 1.06 bits per heavy atom. The fourth-order valence-corrected chi connectivity index (χ4v) is 4.14. The molecule has 0 radical (unpaired) electrons. The molecular weight excluding hydrogens is 432 g/mol. The fraction of sp³-hybridized carbons (Fsp3) is 0.269. The van der Waals surface area contributed by atoms with Crippen LogP contribution >= 0.6 is 11.3 Å². The highest BCUT2D eigenvalue weighted by Gasteiger charge is 2.12. The molecule has 6 nitrogen and oxygen atoms in total. The minimum Gasteiger partial charge on any atom is -0.487 e. The Bertz CT molecular complexity index is 1140. The zero-order valence-electron chi connectivity index (χ0n) is 18.7. The molecule has 2 aromatic heterocycles. The van der Waals surface area contributed by atoms with Gasteiger partial charge in [0.15, 0.2) is 0 Å². The van der Waals surface area contributed by atoms with Crippen LogP contribution in [0.5, 0.6) is 5.75 Å². The van der Waals surface area contributed by atoms with Gasteiger partial charge in [-0.15, -0.1) is 11.3 Å². The lowest BCUT2D eigenvalue weighted by atomic mass is 10.1. The van der Waals surface area contributed by atoms with Crippen LogP contribution in [0.4, 0.5) is 0 Å². The second-order valence-corrected chi connectivity index (χ2v) is 8.70. The van der Waals surface area contributed by atoms with Crippen molar-refractivity contribution in [2.75, 3.05) is 13.6 Å². The predicted molar refractivity (Wildman–Crippen MR) is 131 cm³/mol. The topological polar surface area (TPSA) is 71.1 Å². The molecule has 0 saturated carbocycles. The number of nitrogens with one attached hydrogen (secondary N) is 1. The molecule has 0 unspecified atom stereocenters. The van der Waals surface area contributed by atoms with Crippen molar-refractivity contribution >= 4 is 17.2 Å². The molecule has 0 fully saturated rings.